The van der Waals surface area contributed by atoms with Crippen molar-refractivity contribution >= 4 is 22.8 Å². The Hall–Kier alpha value is -3.21. The first-order valence-electron chi connectivity index (χ1n) is 7.28. The fourth-order valence-electron chi connectivity index (χ4n) is 2.38. The summed E-state index contributed by atoms with van der Waals surface area (Å²) >= 11 is 0. The maximum absolute atomic E-state index is 12.2. The van der Waals surface area contributed by atoms with Crippen LogP contribution in [-0.2, 0) is 0 Å². The summed E-state index contributed by atoms with van der Waals surface area (Å²) in [5.74, 6) is 1.21. The van der Waals surface area contributed by atoms with Gasteiger partial charge in [-0.3, -0.25) is 4.79 Å². The number of ketones is 1. The van der Waals surface area contributed by atoms with Crippen molar-refractivity contribution in [2.45, 2.75) is 0 Å². The molecule has 1 aromatic heterocycles. The number of carbonyl (C=O) groups is 1. The number of furan rings is 1. The van der Waals surface area contributed by atoms with E-state index in [-0.39, 0.29) is 17.3 Å². The van der Waals surface area contributed by atoms with E-state index in [4.69, 9.17) is 13.9 Å². The number of allylic oxidation sites excluding steroid dienone is 1. The number of hydrogen-bond acceptors (Lipinski definition) is 5. The van der Waals surface area contributed by atoms with Gasteiger partial charge in [0.15, 0.2) is 28.6 Å². The summed E-state index contributed by atoms with van der Waals surface area (Å²) in [6.07, 6.45) is 3.01. The Morgan fingerprint density at radius 1 is 1.08 bits per heavy atom. The second-order valence-electron chi connectivity index (χ2n) is 5.11. The van der Waals surface area contributed by atoms with Crippen molar-refractivity contribution in [3.8, 4) is 17.2 Å². The molecule has 0 fully saturated rings. The van der Waals surface area contributed by atoms with Crippen molar-refractivity contribution in [3.63, 3.8) is 0 Å². The van der Waals surface area contributed by atoms with E-state index < -0.39 is 0 Å². The highest BCUT2D eigenvalue weighted by atomic mass is 16.5. The number of rotatable bonds is 5. The molecule has 5 heteroatoms. The van der Waals surface area contributed by atoms with Crippen molar-refractivity contribution in [2.24, 2.45) is 0 Å². The maximum Gasteiger partial charge on any atom is 0.186 e. The van der Waals surface area contributed by atoms with Crippen molar-refractivity contribution < 1.29 is 23.8 Å². The Kier molecular flexibility index (Phi) is 4.24. The highest BCUT2D eigenvalue weighted by Crippen LogP contribution is 2.29. The molecule has 1 heterocycles. The Morgan fingerprint density at radius 3 is 2.62 bits per heavy atom. The van der Waals surface area contributed by atoms with Crippen LogP contribution in [0.5, 0.6) is 17.2 Å². The fourth-order valence-corrected chi connectivity index (χ4v) is 2.38. The van der Waals surface area contributed by atoms with Crippen LogP contribution in [0.1, 0.15) is 16.1 Å². The summed E-state index contributed by atoms with van der Waals surface area (Å²) in [4.78, 5) is 12.2. The summed E-state index contributed by atoms with van der Waals surface area (Å²) in [6, 6.07) is 11.9. The minimum absolute atomic E-state index is 0.0117. The lowest BCUT2D eigenvalue weighted by atomic mass is 10.1. The first-order valence-corrected chi connectivity index (χ1v) is 7.28. The molecule has 0 amide bonds. The maximum atomic E-state index is 12.2. The van der Waals surface area contributed by atoms with Crippen molar-refractivity contribution in [3.05, 3.63) is 59.9 Å². The van der Waals surface area contributed by atoms with Crippen LogP contribution >= 0.6 is 0 Å². The molecule has 122 valence electrons. The van der Waals surface area contributed by atoms with Gasteiger partial charge >= 0.3 is 0 Å². The Labute approximate surface area is 138 Å². The van der Waals surface area contributed by atoms with E-state index in [2.05, 4.69) is 0 Å². The van der Waals surface area contributed by atoms with Crippen molar-refractivity contribution in [2.75, 3.05) is 14.2 Å². The van der Waals surface area contributed by atoms with Gasteiger partial charge in [0.1, 0.15) is 5.76 Å². The lowest BCUT2D eigenvalue weighted by Gasteiger charge is -2.04. The number of ether oxygens (including phenoxy) is 2. The lowest BCUT2D eigenvalue weighted by molar-refractivity contribution is 0.104. The van der Waals surface area contributed by atoms with Crippen LogP contribution in [0.3, 0.4) is 0 Å². The van der Waals surface area contributed by atoms with Gasteiger partial charge in [0.25, 0.3) is 0 Å². The first kappa shape index (κ1) is 15.7. The number of fused-ring (bicyclic) bond motifs is 1. The summed E-state index contributed by atoms with van der Waals surface area (Å²) in [6.45, 7) is 0. The Balaban J connectivity index is 1.86. The average Bonchev–Trinajstić information content (AvgIpc) is 3.03. The zero-order chi connectivity index (χ0) is 17.1. The number of hydrogen-bond donors (Lipinski definition) is 1. The lowest BCUT2D eigenvalue weighted by Crippen LogP contribution is -1.95. The number of phenolic OH excluding ortho intramolecular Hbond substituents is 1. The second-order valence-corrected chi connectivity index (χ2v) is 5.11. The third-order valence-electron chi connectivity index (χ3n) is 3.61. The monoisotopic (exact) mass is 324 g/mol. The van der Waals surface area contributed by atoms with Crippen LogP contribution in [0.25, 0.3) is 17.0 Å². The standard InChI is InChI=1S/C19H16O5/c1-22-17-5-3-4-13-10-14(24-19(13)17)7-9-15(20)12-6-8-16(21)18(11-12)23-2/h3-11,21H,1-2H3/b9-7+. The molecule has 0 aliphatic carbocycles. The summed E-state index contributed by atoms with van der Waals surface area (Å²) in [5, 5.41) is 10.5. The van der Waals surface area contributed by atoms with Gasteiger partial charge in [-0.2, -0.15) is 0 Å². The molecule has 0 aliphatic heterocycles. The largest absolute Gasteiger partial charge is 0.504 e. The molecular formula is C19H16O5. The molecule has 0 radical (unpaired) electrons. The van der Waals surface area contributed by atoms with Gasteiger partial charge in [-0.05, 0) is 42.5 Å². The van der Waals surface area contributed by atoms with Crippen LogP contribution in [0.15, 0.2) is 53.0 Å². The highest BCUT2D eigenvalue weighted by molar-refractivity contribution is 6.07. The van der Waals surface area contributed by atoms with Crippen LogP contribution in [0.4, 0.5) is 0 Å². The number of benzene rings is 2. The zero-order valence-corrected chi connectivity index (χ0v) is 13.3. The third kappa shape index (κ3) is 2.96. The van der Waals surface area contributed by atoms with E-state index in [1.807, 2.05) is 24.3 Å². The number of methoxy groups -OCH3 is 2. The van der Waals surface area contributed by atoms with E-state index in [0.717, 1.165) is 5.39 Å². The molecule has 24 heavy (non-hydrogen) atoms. The van der Waals surface area contributed by atoms with Crippen LogP contribution in [0, 0.1) is 0 Å². The van der Waals surface area contributed by atoms with Crippen LogP contribution < -0.4 is 9.47 Å². The first-order chi connectivity index (χ1) is 11.6. The molecule has 0 bridgehead atoms. The SMILES string of the molecule is COc1cc(C(=O)/C=C/c2cc3cccc(OC)c3o2)ccc1O. The number of carbonyl (C=O) groups excluding carboxylic acids is 1. The fraction of sp³-hybridized carbons (Fsp3) is 0.105. The van der Waals surface area contributed by atoms with Gasteiger partial charge in [-0.25, -0.2) is 0 Å². The summed E-state index contributed by atoms with van der Waals surface area (Å²) in [5.41, 5.74) is 1.05. The van der Waals surface area contributed by atoms with Crippen LogP contribution in [0.2, 0.25) is 0 Å². The quantitative estimate of drug-likeness (QED) is 0.566. The average molecular weight is 324 g/mol. The summed E-state index contributed by atoms with van der Waals surface area (Å²) in [7, 11) is 3.01. The van der Waals surface area contributed by atoms with Gasteiger partial charge < -0.3 is 19.0 Å². The van der Waals surface area contributed by atoms with Crippen LogP contribution in [-0.4, -0.2) is 25.1 Å². The molecule has 5 nitrogen and oxygen atoms in total. The van der Waals surface area contributed by atoms with E-state index in [0.29, 0.717) is 22.7 Å². The van der Waals surface area contributed by atoms with Crippen molar-refractivity contribution in [1.29, 1.82) is 0 Å². The van der Waals surface area contributed by atoms with E-state index in [9.17, 15) is 9.90 Å². The smallest absolute Gasteiger partial charge is 0.186 e. The molecular weight excluding hydrogens is 308 g/mol. The van der Waals surface area contributed by atoms with E-state index >= 15 is 0 Å². The van der Waals surface area contributed by atoms with Gasteiger partial charge in [-0.1, -0.05) is 12.1 Å². The topological polar surface area (TPSA) is 68.9 Å². The molecule has 3 aromatic rings. The van der Waals surface area contributed by atoms with Crippen molar-refractivity contribution in [1.82, 2.24) is 0 Å². The van der Waals surface area contributed by atoms with E-state index in [1.165, 1.54) is 31.4 Å². The van der Waals surface area contributed by atoms with Gasteiger partial charge in [0.05, 0.1) is 14.2 Å². The molecule has 0 unspecified atom stereocenters. The predicted molar refractivity (Wildman–Crippen MR) is 90.8 cm³/mol. The molecule has 2 aromatic carbocycles. The zero-order valence-electron chi connectivity index (χ0n) is 13.3. The molecule has 0 spiro atoms. The van der Waals surface area contributed by atoms with Gasteiger partial charge in [0.2, 0.25) is 0 Å². The molecule has 0 aliphatic rings. The third-order valence-corrected chi connectivity index (χ3v) is 3.61. The predicted octanol–water partition coefficient (Wildman–Crippen LogP) is 4.05. The molecule has 0 saturated carbocycles. The highest BCUT2D eigenvalue weighted by Gasteiger charge is 2.09. The normalized spacial score (nSPS) is 11.1. The number of phenols is 1. The van der Waals surface area contributed by atoms with Gasteiger partial charge in [-0.15, -0.1) is 0 Å². The summed E-state index contributed by atoms with van der Waals surface area (Å²) < 4.78 is 16.0. The molecule has 0 atom stereocenters. The van der Waals surface area contributed by atoms with Gasteiger partial charge in [0, 0.05) is 10.9 Å². The molecule has 3 rings (SSSR count). The molecule has 1 N–H and O–H groups in total. The second kappa shape index (κ2) is 6.50. The Morgan fingerprint density at radius 2 is 1.88 bits per heavy atom. The minimum Gasteiger partial charge on any atom is -0.504 e. The number of para-hydroxylation sites is 1. The Bertz CT molecular complexity index is 921. The minimum atomic E-state index is -0.222. The number of aromatic hydroxyl groups is 1. The molecule has 0 saturated heterocycles. The van der Waals surface area contributed by atoms with E-state index in [1.54, 1.807) is 13.2 Å².